The molecule has 0 amide bonds. The third-order valence-electron chi connectivity index (χ3n) is 3.49. The van der Waals surface area contributed by atoms with Crippen LogP contribution in [0.25, 0.3) is 10.9 Å². The summed E-state index contributed by atoms with van der Waals surface area (Å²) >= 11 is 3.32. The second-order valence-corrected chi connectivity index (χ2v) is 5.81. The summed E-state index contributed by atoms with van der Waals surface area (Å²) in [7, 11) is 0. The minimum Gasteiger partial charge on any atom is -0.294 e. The van der Waals surface area contributed by atoms with Crippen molar-refractivity contribution < 1.29 is 18.0 Å². The second-order valence-electron chi connectivity index (χ2n) is 4.89. The van der Waals surface area contributed by atoms with E-state index in [1.54, 1.807) is 24.3 Å². The summed E-state index contributed by atoms with van der Waals surface area (Å²) in [6, 6.07) is 6.93. The number of alkyl halides is 3. The van der Waals surface area contributed by atoms with Crippen LogP contribution in [-0.4, -0.2) is 16.9 Å². The quantitative estimate of drug-likeness (QED) is 0.713. The number of fused-ring (bicyclic) bond motifs is 2. The standard InChI is InChI=1S/C14H9BrF3NO/c15-9-1-2-11-7(3-9)4-10-12(19-11)5-8(6-13(10)20)14(16,17)18/h1-4,8H,5-6H2. The van der Waals surface area contributed by atoms with Crippen molar-refractivity contribution in [2.45, 2.75) is 19.0 Å². The SMILES string of the molecule is O=C1CC(C(F)(F)F)Cc2nc3ccc(Br)cc3cc21. The van der Waals surface area contributed by atoms with E-state index in [1.165, 1.54) is 0 Å². The molecule has 1 aliphatic rings. The van der Waals surface area contributed by atoms with Crippen molar-refractivity contribution >= 4 is 32.6 Å². The molecule has 0 fully saturated rings. The first kappa shape index (κ1) is 13.5. The van der Waals surface area contributed by atoms with Crippen LogP contribution in [0.1, 0.15) is 22.5 Å². The molecule has 0 saturated heterocycles. The van der Waals surface area contributed by atoms with Gasteiger partial charge in [-0.3, -0.25) is 9.78 Å². The number of hydrogen-bond acceptors (Lipinski definition) is 2. The Hall–Kier alpha value is -1.43. The first-order chi connectivity index (χ1) is 9.34. The summed E-state index contributed by atoms with van der Waals surface area (Å²) in [5.74, 6) is -2.11. The molecule has 6 heteroatoms. The number of rotatable bonds is 0. The van der Waals surface area contributed by atoms with Crippen LogP contribution >= 0.6 is 15.9 Å². The molecule has 1 aromatic carbocycles. The summed E-state index contributed by atoms with van der Waals surface area (Å²) in [5.41, 5.74) is 1.16. The zero-order valence-corrected chi connectivity index (χ0v) is 11.8. The molecular weight excluding hydrogens is 335 g/mol. The van der Waals surface area contributed by atoms with Gasteiger partial charge in [-0.25, -0.2) is 0 Å². The zero-order valence-electron chi connectivity index (χ0n) is 10.2. The van der Waals surface area contributed by atoms with Gasteiger partial charge in [0.15, 0.2) is 5.78 Å². The van der Waals surface area contributed by atoms with Gasteiger partial charge in [-0.1, -0.05) is 15.9 Å². The molecule has 2 aromatic rings. The fraction of sp³-hybridized carbons (Fsp3) is 0.286. The molecule has 3 rings (SSSR count). The smallest absolute Gasteiger partial charge is 0.294 e. The van der Waals surface area contributed by atoms with E-state index >= 15 is 0 Å². The van der Waals surface area contributed by atoms with Crippen LogP contribution in [0.5, 0.6) is 0 Å². The maximum absolute atomic E-state index is 12.8. The van der Waals surface area contributed by atoms with Gasteiger partial charge < -0.3 is 0 Å². The number of nitrogens with zero attached hydrogens (tertiary/aromatic N) is 1. The number of pyridine rings is 1. The highest BCUT2D eigenvalue weighted by molar-refractivity contribution is 9.10. The van der Waals surface area contributed by atoms with E-state index in [0.717, 1.165) is 9.86 Å². The topological polar surface area (TPSA) is 30.0 Å². The van der Waals surface area contributed by atoms with Gasteiger partial charge >= 0.3 is 6.18 Å². The number of hydrogen-bond donors (Lipinski definition) is 0. The van der Waals surface area contributed by atoms with Gasteiger partial charge in [-0.2, -0.15) is 13.2 Å². The van der Waals surface area contributed by atoms with Gasteiger partial charge in [0.2, 0.25) is 0 Å². The summed E-state index contributed by atoms with van der Waals surface area (Å²) in [5, 5.41) is 0.747. The van der Waals surface area contributed by atoms with Crippen LogP contribution < -0.4 is 0 Å². The molecule has 0 aliphatic heterocycles. The van der Waals surface area contributed by atoms with Crippen LogP contribution in [0.4, 0.5) is 13.2 Å². The summed E-state index contributed by atoms with van der Waals surface area (Å²) in [4.78, 5) is 16.1. The van der Waals surface area contributed by atoms with Crippen LogP contribution in [0.15, 0.2) is 28.7 Å². The van der Waals surface area contributed by atoms with Crippen LogP contribution in [0.2, 0.25) is 0 Å². The van der Waals surface area contributed by atoms with Crippen LogP contribution in [-0.2, 0) is 6.42 Å². The number of ketones is 1. The minimum atomic E-state index is -4.36. The molecule has 0 radical (unpaired) electrons. The molecule has 104 valence electrons. The van der Waals surface area contributed by atoms with Crippen molar-refractivity contribution in [3.8, 4) is 0 Å². The molecule has 0 bridgehead atoms. The average molecular weight is 344 g/mol. The van der Waals surface area contributed by atoms with E-state index in [9.17, 15) is 18.0 Å². The first-order valence-corrected chi connectivity index (χ1v) is 6.83. The Morgan fingerprint density at radius 2 is 1.95 bits per heavy atom. The van der Waals surface area contributed by atoms with Crippen molar-refractivity contribution in [1.82, 2.24) is 4.98 Å². The van der Waals surface area contributed by atoms with Gasteiger partial charge in [0.05, 0.1) is 17.1 Å². The lowest BCUT2D eigenvalue weighted by Gasteiger charge is -2.25. The van der Waals surface area contributed by atoms with Crippen molar-refractivity contribution in [2.24, 2.45) is 5.92 Å². The largest absolute Gasteiger partial charge is 0.392 e. The maximum atomic E-state index is 12.8. The third kappa shape index (κ3) is 2.32. The molecule has 2 nitrogen and oxygen atoms in total. The third-order valence-corrected chi connectivity index (χ3v) is 3.98. The summed E-state index contributed by atoms with van der Waals surface area (Å²) in [6.07, 6.45) is -5.07. The number of halogens is 4. The van der Waals surface area contributed by atoms with Crippen molar-refractivity contribution in [3.05, 3.63) is 40.0 Å². The number of Topliss-reactive ketones (excluding diaryl/α,β-unsaturated/α-hetero) is 1. The van der Waals surface area contributed by atoms with Gasteiger partial charge in [-0.15, -0.1) is 0 Å². The Labute approximate surface area is 121 Å². The van der Waals surface area contributed by atoms with E-state index in [2.05, 4.69) is 20.9 Å². The molecule has 1 unspecified atom stereocenters. The Balaban J connectivity index is 2.12. The second kappa shape index (κ2) is 4.55. The highest BCUT2D eigenvalue weighted by atomic mass is 79.9. The Bertz CT molecular complexity index is 711. The predicted molar refractivity (Wildman–Crippen MR) is 71.6 cm³/mol. The lowest BCUT2D eigenvalue weighted by molar-refractivity contribution is -0.174. The first-order valence-electron chi connectivity index (χ1n) is 6.03. The lowest BCUT2D eigenvalue weighted by Crippen LogP contribution is -2.32. The number of carbonyl (C=O) groups is 1. The Kier molecular flexibility index (Phi) is 3.08. The Morgan fingerprint density at radius 1 is 1.20 bits per heavy atom. The molecule has 20 heavy (non-hydrogen) atoms. The molecule has 1 aliphatic carbocycles. The number of benzene rings is 1. The highest BCUT2D eigenvalue weighted by Gasteiger charge is 2.44. The molecule has 1 heterocycles. The van der Waals surface area contributed by atoms with Crippen molar-refractivity contribution in [2.75, 3.05) is 0 Å². The molecular formula is C14H9BrF3NO. The van der Waals surface area contributed by atoms with Crippen molar-refractivity contribution in [3.63, 3.8) is 0 Å². The van der Waals surface area contributed by atoms with E-state index in [0.29, 0.717) is 11.1 Å². The molecule has 0 N–H and O–H groups in total. The van der Waals surface area contributed by atoms with Gasteiger partial charge in [-0.05, 0) is 24.3 Å². The lowest BCUT2D eigenvalue weighted by atomic mass is 9.85. The fourth-order valence-corrected chi connectivity index (χ4v) is 2.83. The maximum Gasteiger partial charge on any atom is 0.392 e. The van der Waals surface area contributed by atoms with Gasteiger partial charge in [0, 0.05) is 28.3 Å². The number of aromatic nitrogens is 1. The van der Waals surface area contributed by atoms with E-state index in [1.807, 2.05) is 0 Å². The minimum absolute atomic E-state index is 0.226. The Morgan fingerprint density at radius 3 is 2.65 bits per heavy atom. The average Bonchev–Trinajstić information content (AvgIpc) is 2.36. The zero-order chi connectivity index (χ0) is 14.5. The fourth-order valence-electron chi connectivity index (χ4n) is 2.46. The van der Waals surface area contributed by atoms with E-state index < -0.39 is 24.3 Å². The van der Waals surface area contributed by atoms with E-state index in [-0.39, 0.29) is 12.1 Å². The van der Waals surface area contributed by atoms with Gasteiger partial charge in [0.1, 0.15) is 0 Å². The molecule has 1 atom stereocenters. The summed E-state index contributed by atoms with van der Waals surface area (Å²) < 4.78 is 39.2. The van der Waals surface area contributed by atoms with Crippen molar-refractivity contribution in [1.29, 1.82) is 0 Å². The predicted octanol–water partition coefficient (Wildman–Crippen LogP) is 4.30. The molecule has 0 saturated carbocycles. The number of carbonyl (C=O) groups excluding carboxylic acids is 1. The van der Waals surface area contributed by atoms with Gasteiger partial charge in [0.25, 0.3) is 0 Å². The van der Waals surface area contributed by atoms with Crippen LogP contribution in [0.3, 0.4) is 0 Å². The van der Waals surface area contributed by atoms with E-state index in [4.69, 9.17) is 0 Å². The highest BCUT2D eigenvalue weighted by Crippen LogP contribution is 2.37. The molecule has 1 aromatic heterocycles. The normalized spacial score (nSPS) is 19.2. The molecule has 0 spiro atoms. The monoisotopic (exact) mass is 343 g/mol. The summed E-state index contributed by atoms with van der Waals surface area (Å²) in [6.45, 7) is 0. The van der Waals surface area contributed by atoms with Crippen LogP contribution in [0, 0.1) is 5.92 Å².